The Balaban J connectivity index is 1.21. The second kappa shape index (κ2) is 7.25. The van der Waals surface area contributed by atoms with Gasteiger partial charge < -0.3 is 0 Å². The number of carbonyl (C=O) groups is 1. The van der Waals surface area contributed by atoms with Crippen LogP contribution < -0.4 is 10.6 Å². The van der Waals surface area contributed by atoms with Crippen molar-refractivity contribution in [2.24, 2.45) is 7.92 Å². The van der Waals surface area contributed by atoms with Crippen molar-refractivity contribution in [2.45, 2.75) is 31.5 Å². The molecule has 2 aromatic carbocycles. The molecule has 1 heterocycles. The van der Waals surface area contributed by atoms with Crippen molar-refractivity contribution in [1.82, 2.24) is 5.32 Å². The third-order valence-corrected chi connectivity index (χ3v) is 5.46. The molecule has 0 aromatic heterocycles. The van der Waals surface area contributed by atoms with Gasteiger partial charge in [0, 0.05) is 0 Å². The van der Waals surface area contributed by atoms with Crippen molar-refractivity contribution in [1.29, 1.82) is 0 Å². The molecule has 1 aliphatic carbocycles. The SMILES string of the molecule is O=C(NC1CC(Nc2cccc3c2N=[Se]=N3)C1)OCc1ccccc1. The molecule has 7 heteroatoms. The first-order valence-electron chi connectivity index (χ1n) is 8.23. The number of benzene rings is 2. The molecule has 1 fully saturated rings. The van der Waals surface area contributed by atoms with E-state index in [0.29, 0.717) is 12.6 Å². The molecule has 0 saturated heterocycles. The van der Waals surface area contributed by atoms with Crippen LogP contribution in [0.2, 0.25) is 0 Å². The predicted molar refractivity (Wildman–Crippen MR) is 96.6 cm³/mol. The summed E-state index contributed by atoms with van der Waals surface area (Å²) >= 11 is -0.0215. The van der Waals surface area contributed by atoms with Crippen molar-refractivity contribution in [2.75, 3.05) is 5.32 Å². The number of hydrogen-bond acceptors (Lipinski definition) is 5. The predicted octanol–water partition coefficient (Wildman–Crippen LogP) is 3.90. The van der Waals surface area contributed by atoms with Gasteiger partial charge in [-0.25, -0.2) is 0 Å². The Hall–Kier alpha value is -2.37. The van der Waals surface area contributed by atoms with Crippen LogP contribution in [0.1, 0.15) is 18.4 Å². The minimum atomic E-state index is -0.357. The molecular formula is C18H18N4O2Se. The topological polar surface area (TPSA) is 75.1 Å². The Bertz CT molecular complexity index is 843. The fraction of sp³-hybridized carbons (Fsp3) is 0.278. The smallest absolute Gasteiger partial charge is 0.0622 e. The van der Waals surface area contributed by atoms with Crippen LogP contribution in [0.5, 0.6) is 0 Å². The maximum absolute atomic E-state index is 11.9. The number of alkyl carbamates (subject to hydrolysis) is 1. The van der Waals surface area contributed by atoms with E-state index in [-0.39, 0.29) is 26.7 Å². The second-order valence-corrected chi connectivity index (χ2v) is 7.26. The summed E-state index contributed by atoms with van der Waals surface area (Å²) < 4.78 is 14.1. The summed E-state index contributed by atoms with van der Waals surface area (Å²) in [5, 5.41) is 6.42. The van der Waals surface area contributed by atoms with Crippen molar-refractivity contribution in [3.8, 4) is 0 Å². The molecule has 6 nitrogen and oxygen atoms in total. The number of hydrogen-bond donors (Lipinski definition) is 2. The Morgan fingerprint density at radius 2 is 1.92 bits per heavy atom. The van der Waals surface area contributed by atoms with Gasteiger partial charge in [0.25, 0.3) is 0 Å². The molecule has 0 spiro atoms. The average Bonchev–Trinajstić information content (AvgIpc) is 3.08. The zero-order valence-corrected chi connectivity index (χ0v) is 15.2. The first kappa shape index (κ1) is 16.1. The summed E-state index contributed by atoms with van der Waals surface area (Å²) in [4.78, 5) is 11.9. The van der Waals surface area contributed by atoms with E-state index in [1.54, 1.807) is 0 Å². The number of rotatable bonds is 5. The maximum atomic E-state index is 11.9. The quantitative estimate of drug-likeness (QED) is 0.637. The monoisotopic (exact) mass is 402 g/mol. The van der Waals surface area contributed by atoms with Gasteiger partial charge in [0.15, 0.2) is 0 Å². The minimum Gasteiger partial charge on any atom is -0.0622 e. The normalized spacial score (nSPS) is 20.2. The van der Waals surface area contributed by atoms with Gasteiger partial charge in [-0.15, -0.1) is 0 Å². The summed E-state index contributed by atoms with van der Waals surface area (Å²) in [7, 11) is 0. The first-order chi connectivity index (χ1) is 12.3. The molecule has 0 radical (unpaired) electrons. The van der Waals surface area contributed by atoms with Crippen LogP contribution in [0.25, 0.3) is 0 Å². The van der Waals surface area contributed by atoms with Crippen LogP contribution in [0, 0.1) is 0 Å². The number of anilines is 1. The molecule has 2 aliphatic rings. The van der Waals surface area contributed by atoms with Gasteiger partial charge >= 0.3 is 121 Å². The van der Waals surface area contributed by atoms with Gasteiger partial charge in [-0.2, -0.15) is 0 Å². The number of amides is 1. The van der Waals surface area contributed by atoms with Crippen LogP contribution >= 0.6 is 0 Å². The van der Waals surface area contributed by atoms with E-state index < -0.39 is 0 Å². The molecule has 128 valence electrons. The molecule has 2 N–H and O–H groups in total. The summed E-state index contributed by atoms with van der Waals surface area (Å²) in [6.45, 7) is 0.296. The third kappa shape index (κ3) is 3.83. The van der Waals surface area contributed by atoms with Gasteiger partial charge in [-0.1, -0.05) is 30.3 Å². The van der Waals surface area contributed by atoms with Crippen molar-refractivity contribution in [3.05, 3.63) is 54.1 Å². The molecular weight excluding hydrogens is 383 g/mol. The van der Waals surface area contributed by atoms with E-state index in [1.807, 2.05) is 48.5 Å². The number of carbonyl (C=O) groups excluding carboxylic acids is 1. The Morgan fingerprint density at radius 1 is 1.08 bits per heavy atom. The summed E-state index contributed by atoms with van der Waals surface area (Å²) in [5.74, 6) is 0. The van der Waals surface area contributed by atoms with Crippen LogP contribution in [-0.4, -0.2) is 32.7 Å². The zero-order valence-electron chi connectivity index (χ0n) is 13.5. The van der Waals surface area contributed by atoms with E-state index in [2.05, 4.69) is 18.6 Å². The fourth-order valence-electron chi connectivity index (χ4n) is 2.93. The second-order valence-electron chi connectivity index (χ2n) is 6.15. The van der Waals surface area contributed by atoms with Crippen LogP contribution in [-0.2, 0) is 11.3 Å². The molecule has 0 atom stereocenters. The minimum absolute atomic E-state index is 0.0215. The molecule has 2 aromatic rings. The summed E-state index contributed by atoms with van der Waals surface area (Å²) in [6, 6.07) is 16.2. The van der Waals surface area contributed by atoms with E-state index in [1.165, 1.54) is 0 Å². The van der Waals surface area contributed by atoms with E-state index in [0.717, 1.165) is 35.5 Å². The number of fused-ring (bicyclic) bond motifs is 1. The van der Waals surface area contributed by atoms with Gasteiger partial charge in [0.1, 0.15) is 0 Å². The number of ether oxygens (including phenoxy) is 1. The molecule has 4 rings (SSSR count). The van der Waals surface area contributed by atoms with Crippen LogP contribution in [0.3, 0.4) is 0 Å². The van der Waals surface area contributed by atoms with Crippen LogP contribution in [0.15, 0.2) is 56.5 Å². The molecule has 0 bridgehead atoms. The number of nitrogens with one attached hydrogen (secondary N) is 2. The van der Waals surface area contributed by atoms with Gasteiger partial charge in [-0.3, -0.25) is 0 Å². The zero-order chi connectivity index (χ0) is 17.1. The molecule has 1 amide bonds. The number of nitrogens with zero attached hydrogens (tertiary/aromatic N) is 2. The van der Waals surface area contributed by atoms with Crippen LogP contribution in [0.4, 0.5) is 21.9 Å². The standard InChI is InChI=1S/C18H18N4O2Se/c23-18(24-11-12-5-2-1-3-6-12)20-14-9-13(10-14)19-15-7-4-8-16-17(15)22-25-21-16/h1-8,13-14,19H,9-11H2,(H,20,23). The van der Waals surface area contributed by atoms with Crippen molar-refractivity contribution in [3.63, 3.8) is 0 Å². The van der Waals surface area contributed by atoms with E-state index >= 15 is 0 Å². The Kier molecular flexibility index (Phi) is 4.67. The van der Waals surface area contributed by atoms with Gasteiger partial charge in [0.2, 0.25) is 0 Å². The molecule has 1 aliphatic heterocycles. The van der Waals surface area contributed by atoms with E-state index in [4.69, 9.17) is 4.74 Å². The Labute approximate surface area is 151 Å². The third-order valence-electron chi connectivity index (χ3n) is 4.32. The van der Waals surface area contributed by atoms with Crippen molar-refractivity contribution >= 4 is 37.7 Å². The average molecular weight is 401 g/mol. The van der Waals surface area contributed by atoms with Crippen molar-refractivity contribution < 1.29 is 9.53 Å². The first-order valence-corrected chi connectivity index (χ1v) is 9.76. The molecule has 0 unspecified atom stereocenters. The molecule has 25 heavy (non-hydrogen) atoms. The van der Waals surface area contributed by atoms with Gasteiger partial charge in [-0.05, 0) is 0 Å². The summed E-state index contributed by atoms with van der Waals surface area (Å²) in [6.07, 6.45) is 1.41. The van der Waals surface area contributed by atoms with E-state index in [9.17, 15) is 4.79 Å². The van der Waals surface area contributed by atoms with Gasteiger partial charge in [0.05, 0.1) is 0 Å². The fourth-order valence-corrected chi connectivity index (χ4v) is 4.08. The summed E-state index contributed by atoms with van der Waals surface area (Å²) in [5.41, 5.74) is 3.97. The Morgan fingerprint density at radius 3 is 2.76 bits per heavy atom. The molecule has 1 saturated carbocycles.